The van der Waals surface area contributed by atoms with Crippen LogP contribution < -0.4 is 0 Å². The highest BCUT2D eigenvalue weighted by molar-refractivity contribution is 7.89. The van der Waals surface area contributed by atoms with Gasteiger partial charge in [0.05, 0.1) is 4.90 Å². The fourth-order valence-corrected chi connectivity index (χ4v) is 4.34. The van der Waals surface area contributed by atoms with Crippen molar-refractivity contribution >= 4 is 15.8 Å². The first-order chi connectivity index (χ1) is 10.5. The number of rotatable bonds is 3. The highest BCUT2D eigenvalue weighted by Crippen LogP contribution is 2.34. The zero-order valence-electron chi connectivity index (χ0n) is 12.3. The molecular formula is C17H17NO3S. The largest absolute Gasteiger partial charge is 0.297 e. The molecule has 0 N–H and O–H groups in total. The van der Waals surface area contributed by atoms with Crippen molar-refractivity contribution in [2.45, 2.75) is 24.3 Å². The molecular weight excluding hydrogens is 298 g/mol. The first-order valence-electron chi connectivity index (χ1n) is 7.16. The molecule has 114 valence electrons. The third kappa shape index (κ3) is 2.58. The molecule has 1 atom stereocenters. The lowest BCUT2D eigenvalue weighted by atomic mass is 10.0. The van der Waals surface area contributed by atoms with Crippen LogP contribution in [-0.4, -0.2) is 25.1 Å². The van der Waals surface area contributed by atoms with Gasteiger partial charge in [-0.25, -0.2) is 8.42 Å². The van der Waals surface area contributed by atoms with Crippen LogP contribution in [0.4, 0.5) is 0 Å². The summed E-state index contributed by atoms with van der Waals surface area (Å²) in [6.45, 7) is 2.14. The number of hydrogen-bond acceptors (Lipinski definition) is 3. The molecule has 4 nitrogen and oxygen atoms in total. The van der Waals surface area contributed by atoms with Crippen molar-refractivity contribution in [2.24, 2.45) is 0 Å². The molecule has 0 amide bonds. The van der Waals surface area contributed by atoms with E-state index in [1.54, 1.807) is 36.4 Å². The molecule has 0 bridgehead atoms. The highest BCUT2D eigenvalue weighted by atomic mass is 32.2. The van der Waals surface area contributed by atoms with Crippen LogP contribution in [0.2, 0.25) is 0 Å². The van der Waals surface area contributed by atoms with Gasteiger partial charge in [-0.15, -0.1) is 0 Å². The maximum Gasteiger partial charge on any atom is 0.244 e. The molecule has 2 aromatic rings. The maximum absolute atomic E-state index is 12.8. The van der Waals surface area contributed by atoms with Gasteiger partial charge in [-0.3, -0.25) is 4.79 Å². The van der Waals surface area contributed by atoms with Gasteiger partial charge in [-0.05, 0) is 24.6 Å². The zero-order valence-corrected chi connectivity index (χ0v) is 13.1. The van der Waals surface area contributed by atoms with Crippen LogP contribution >= 0.6 is 0 Å². The van der Waals surface area contributed by atoms with Crippen molar-refractivity contribution in [3.63, 3.8) is 0 Å². The third-order valence-corrected chi connectivity index (χ3v) is 5.79. The summed E-state index contributed by atoms with van der Waals surface area (Å²) in [6, 6.07) is 15.1. The normalized spacial score (nSPS) is 19.5. The van der Waals surface area contributed by atoms with Crippen LogP contribution in [0.1, 0.15) is 23.6 Å². The van der Waals surface area contributed by atoms with Crippen LogP contribution in [0.3, 0.4) is 0 Å². The topological polar surface area (TPSA) is 54.5 Å². The molecule has 1 aliphatic heterocycles. The molecule has 0 aromatic heterocycles. The van der Waals surface area contributed by atoms with Crippen molar-refractivity contribution in [3.05, 3.63) is 65.7 Å². The highest BCUT2D eigenvalue weighted by Gasteiger charge is 2.41. The second-order valence-corrected chi connectivity index (χ2v) is 7.35. The van der Waals surface area contributed by atoms with Crippen molar-refractivity contribution < 1.29 is 13.2 Å². The number of sulfonamides is 1. The second-order valence-electron chi connectivity index (χ2n) is 5.46. The smallest absolute Gasteiger partial charge is 0.244 e. The predicted octanol–water partition coefficient (Wildman–Crippen LogP) is 2.70. The molecule has 1 aliphatic rings. The fourth-order valence-electron chi connectivity index (χ4n) is 2.74. The molecule has 1 fully saturated rings. The second kappa shape index (κ2) is 5.66. The molecule has 0 saturated carbocycles. The summed E-state index contributed by atoms with van der Waals surface area (Å²) >= 11 is 0. The number of ketones is 1. The summed E-state index contributed by atoms with van der Waals surface area (Å²) in [5.41, 5.74) is 1.72. The number of benzene rings is 2. The third-order valence-electron chi connectivity index (χ3n) is 3.91. The molecule has 1 saturated heterocycles. The Balaban J connectivity index is 2.02. The standard InChI is InChI=1S/C17H17NO3S/c1-13-7-9-15(10-8-13)22(20,21)18-12-11-16(19)17(18)14-5-3-2-4-6-14/h2-10,17H,11-12H2,1H3/t17-/m0/s1. The van der Waals surface area contributed by atoms with E-state index in [1.165, 1.54) is 4.31 Å². The van der Waals surface area contributed by atoms with Crippen LogP contribution in [0.5, 0.6) is 0 Å². The Morgan fingerprint density at radius 3 is 2.27 bits per heavy atom. The molecule has 2 aromatic carbocycles. The summed E-state index contributed by atoms with van der Waals surface area (Å²) in [4.78, 5) is 12.4. The van der Waals surface area contributed by atoms with E-state index in [4.69, 9.17) is 0 Å². The molecule has 0 aliphatic carbocycles. The van der Waals surface area contributed by atoms with E-state index < -0.39 is 16.1 Å². The SMILES string of the molecule is Cc1ccc(S(=O)(=O)N2CCC(=O)[C@@H]2c2ccccc2)cc1. The summed E-state index contributed by atoms with van der Waals surface area (Å²) in [7, 11) is -3.67. The van der Waals surface area contributed by atoms with Gasteiger partial charge in [-0.1, -0.05) is 48.0 Å². The summed E-state index contributed by atoms with van der Waals surface area (Å²) in [5.74, 6) is -0.0538. The van der Waals surface area contributed by atoms with E-state index in [2.05, 4.69) is 0 Å². The number of carbonyl (C=O) groups excluding carboxylic acids is 1. The number of aryl methyl sites for hydroxylation is 1. The Morgan fingerprint density at radius 1 is 1.00 bits per heavy atom. The van der Waals surface area contributed by atoms with Crippen LogP contribution in [0.25, 0.3) is 0 Å². The summed E-state index contributed by atoms with van der Waals surface area (Å²) in [5, 5.41) is 0. The van der Waals surface area contributed by atoms with E-state index in [0.29, 0.717) is 0 Å². The van der Waals surface area contributed by atoms with Crippen LogP contribution in [-0.2, 0) is 14.8 Å². The fraction of sp³-hybridized carbons (Fsp3) is 0.235. The Labute approximate surface area is 130 Å². The monoisotopic (exact) mass is 315 g/mol. The van der Waals surface area contributed by atoms with Gasteiger partial charge >= 0.3 is 0 Å². The quantitative estimate of drug-likeness (QED) is 0.875. The van der Waals surface area contributed by atoms with Crippen molar-refractivity contribution in [1.29, 1.82) is 0 Å². The zero-order chi connectivity index (χ0) is 15.7. The summed E-state index contributed by atoms with van der Waals surface area (Å²) in [6.07, 6.45) is 0.255. The lowest BCUT2D eigenvalue weighted by Gasteiger charge is -2.23. The van der Waals surface area contributed by atoms with Crippen LogP contribution in [0, 0.1) is 6.92 Å². The van der Waals surface area contributed by atoms with Gasteiger partial charge in [0, 0.05) is 13.0 Å². The molecule has 0 spiro atoms. The average molecular weight is 315 g/mol. The van der Waals surface area contributed by atoms with Gasteiger partial charge < -0.3 is 0 Å². The van der Waals surface area contributed by atoms with Gasteiger partial charge in [0.25, 0.3) is 0 Å². The van der Waals surface area contributed by atoms with Gasteiger partial charge in [0.2, 0.25) is 10.0 Å². The Morgan fingerprint density at radius 2 is 1.64 bits per heavy atom. The van der Waals surface area contributed by atoms with E-state index >= 15 is 0 Å². The minimum absolute atomic E-state index is 0.0538. The minimum Gasteiger partial charge on any atom is -0.297 e. The summed E-state index contributed by atoms with van der Waals surface area (Å²) < 4.78 is 27.0. The Hall–Kier alpha value is -1.98. The first kappa shape index (κ1) is 14.9. The van der Waals surface area contributed by atoms with Gasteiger partial charge in [0.1, 0.15) is 6.04 Å². The molecule has 5 heteroatoms. The van der Waals surface area contributed by atoms with Crippen molar-refractivity contribution in [3.8, 4) is 0 Å². The van der Waals surface area contributed by atoms with E-state index in [0.717, 1.165) is 11.1 Å². The number of Topliss-reactive ketones (excluding diaryl/α,β-unsaturated/α-hetero) is 1. The molecule has 3 rings (SSSR count). The van der Waals surface area contributed by atoms with Crippen molar-refractivity contribution in [1.82, 2.24) is 4.31 Å². The maximum atomic E-state index is 12.8. The first-order valence-corrected chi connectivity index (χ1v) is 8.60. The number of hydrogen-bond donors (Lipinski definition) is 0. The van der Waals surface area contributed by atoms with E-state index in [1.807, 2.05) is 25.1 Å². The predicted molar refractivity (Wildman–Crippen MR) is 83.9 cm³/mol. The average Bonchev–Trinajstić information content (AvgIpc) is 2.91. The van der Waals surface area contributed by atoms with E-state index in [9.17, 15) is 13.2 Å². The number of carbonyl (C=O) groups is 1. The molecule has 0 unspecified atom stereocenters. The lowest BCUT2D eigenvalue weighted by Crippen LogP contribution is -2.32. The molecule has 0 radical (unpaired) electrons. The van der Waals surface area contributed by atoms with E-state index in [-0.39, 0.29) is 23.6 Å². The number of nitrogens with zero attached hydrogens (tertiary/aromatic N) is 1. The van der Waals surface area contributed by atoms with Gasteiger partial charge in [0.15, 0.2) is 5.78 Å². The molecule has 1 heterocycles. The van der Waals surface area contributed by atoms with Crippen LogP contribution in [0.15, 0.2) is 59.5 Å². The minimum atomic E-state index is -3.67. The Kier molecular flexibility index (Phi) is 3.85. The van der Waals surface area contributed by atoms with Gasteiger partial charge in [-0.2, -0.15) is 4.31 Å². The van der Waals surface area contributed by atoms with Crippen molar-refractivity contribution in [2.75, 3.05) is 6.54 Å². The lowest BCUT2D eigenvalue weighted by molar-refractivity contribution is -0.119. The Bertz CT molecular complexity index is 782. The molecule has 22 heavy (non-hydrogen) atoms.